The monoisotopic (exact) mass is 346 g/mol. The number of nitrogens with zero attached hydrogens (tertiary/aromatic N) is 2. The Hall–Kier alpha value is -2.96. The molecule has 0 aliphatic rings. The first-order valence-electron chi connectivity index (χ1n) is 7.87. The second-order valence-corrected chi connectivity index (χ2v) is 5.64. The minimum absolute atomic E-state index is 0.0117. The molecule has 0 saturated heterocycles. The zero-order valence-electron chi connectivity index (χ0n) is 15.0. The molecule has 0 aliphatic heterocycles. The average Bonchev–Trinajstić information content (AvgIpc) is 3.01. The maximum Gasteiger partial charge on any atom is 0.434 e. The van der Waals surface area contributed by atoms with Gasteiger partial charge in [0.1, 0.15) is 0 Å². The molecule has 0 bridgehead atoms. The van der Waals surface area contributed by atoms with E-state index in [1.54, 1.807) is 6.07 Å². The number of carbonyl (C=O) groups excluding carboxylic acids is 2. The summed E-state index contributed by atoms with van der Waals surface area (Å²) in [7, 11) is 3.07. The molecule has 0 N–H and O–H groups in total. The molecule has 7 heteroatoms. The number of rotatable bonds is 4. The number of hydrogen-bond donors (Lipinski definition) is 0. The molecule has 25 heavy (non-hydrogen) atoms. The van der Waals surface area contributed by atoms with Crippen molar-refractivity contribution < 1.29 is 23.6 Å². The van der Waals surface area contributed by atoms with E-state index in [-0.39, 0.29) is 11.7 Å². The zero-order valence-corrected chi connectivity index (χ0v) is 15.0. The Morgan fingerprint density at radius 2 is 1.72 bits per heavy atom. The van der Waals surface area contributed by atoms with Crippen molar-refractivity contribution in [2.75, 3.05) is 25.8 Å². The van der Waals surface area contributed by atoms with Gasteiger partial charge in [-0.2, -0.15) is 0 Å². The molecular weight excluding hydrogens is 324 g/mol. The van der Waals surface area contributed by atoms with Crippen LogP contribution in [0.4, 0.5) is 10.5 Å². The van der Waals surface area contributed by atoms with Crippen LogP contribution in [0.2, 0.25) is 0 Å². The number of anilines is 1. The van der Waals surface area contributed by atoms with Gasteiger partial charge < -0.3 is 18.9 Å². The average molecular weight is 346 g/mol. The molecule has 0 radical (unpaired) electrons. The molecule has 0 fully saturated rings. The second kappa shape index (κ2) is 7.74. The Balaban J connectivity index is 2.43. The first kappa shape index (κ1) is 18.4. The number of amides is 2. The molecule has 0 spiro atoms. The van der Waals surface area contributed by atoms with Crippen molar-refractivity contribution in [3.8, 4) is 5.95 Å². The molecule has 0 atom stereocenters. The number of ether oxygens (including phenoxy) is 1. The Kier molecular flexibility index (Phi) is 5.69. The van der Waals surface area contributed by atoms with Crippen molar-refractivity contribution >= 4 is 17.7 Å². The summed E-state index contributed by atoms with van der Waals surface area (Å²) in [6, 6.07) is 8.56. The van der Waals surface area contributed by atoms with E-state index >= 15 is 0 Å². The van der Waals surface area contributed by atoms with E-state index in [2.05, 4.69) is 0 Å². The van der Waals surface area contributed by atoms with Crippen molar-refractivity contribution in [3.63, 3.8) is 0 Å². The van der Waals surface area contributed by atoms with Crippen LogP contribution in [0, 0.1) is 13.8 Å². The first-order valence-corrected chi connectivity index (χ1v) is 7.87. The topological polar surface area (TPSA) is 72.2 Å². The van der Waals surface area contributed by atoms with Gasteiger partial charge >= 0.3 is 12.0 Å². The van der Waals surface area contributed by atoms with Gasteiger partial charge in [0.15, 0.2) is 5.76 Å². The number of hydrogen-bond acceptors (Lipinski definition) is 5. The summed E-state index contributed by atoms with van der Waals surface area (Å²) in [5.74, 6) is -0.359. The summed E-state index contributed by atoms with van der Waals surface area (Å²) in [4.78, 5) is 31.5. The highest BCUT2D eigenvalue weighted by molar-refractivity contribution is 6.04. The van der Waals surface area contributed by atoms with Crippen molar-refractivity contribution in [2.45, 2.75) is 20.8 Å². The van der Waals surface area contributed by atoms with E-state index in [9.17, 15) is 9.59 Å². The summed E-state index contributed by atoms with van der Waals surface area (Å²) in [6.45, 7) is 5.89. The van der Waals surface area contributed by atoms with Crippen LogP contribution in [0.3, 0.4) is 0 Å². The molecule has 1 aromatic heterocycles. The summed E-state index contributed by atoms with van der Waals surface area (Å²) >= 11 is 0. The highest BCUT2D eigenvalue weighted by Gasteiger charge is 2.28. The van der Waals surface area contributed by atoms with Crippen LogP contribution in [0.15, 0.2) is 34.7 Å². The highest BCUT2D eigenvalue weighted by atomic mass is 16.7. The van der Waals surface area contributed by atoms with E-state index in [0.717, 1.165) is 16.2 Å². The predicted octanol–water partition coefficient (Wildman–Crippen LogP) is 3.56. The first-order chi connectivity index (χ1) is 11.8. The smallest absolute Gasteiger partial charge is 0.434 e. The number of furan rings is 1. The number of para-hydroxylation sites is 1. The van der Waals surface area contributed by atoms with E-state index in [4.69, 9.17) is 14.0 Å². The lowest BCUT2D eigenvalue weighted by Crippen LogP contribution is -2.38. The lowest BCUT2D eigenvalue weighted by Gasteiger charge is -2.24. The molecule has 2 amide bonds. The molecule has 134 valence electrons. The van der Waals surface area contributed by atoms with Gasteiger partial charge in [-0.1, -0.05) is 18.2 Å². The van der Waals surface area contributed by atoms with Crippen LogP contribution in [0.1, 0.15) is 28.6 Å². The van der Waals surface area contributed by atoms with Crippen molar-refractivity contribution in [3.05, 3.63) is 47.2 Å². The third-order valence-corrected chi connectivity index (χ3v) is 3.44. The number of carbonyl (C=O) groups is 2. The maximum absolute atomic E-state index is 12.9. The summed E-state index contributed by atoms with van der Waals surface area (Å²) in [5, 5.41) is 0.960. The lowest BCUT2D eigenvalue weighted by molar-refractivity contribution is 0.0680. The number of hydroxylamine groups is 1. The van der Waals surface area contributed by atoms with E-state index < -0.39 is 12.0 Å². The lowest BCUT2D eigenvalue weighted by atomic mass is 10.1. The van der Waals surface area contributed by atoms with E-state index in [1.807, 2.05) is 39.0 Å². The predicted molar refractivity (Wildman–Crippen MR) is 92.8 cm³/mol. The van der Waals surface area contributed by atoms with Gasteiger partial charge in [-0.3, -0.25) is 4.79 Å². The number of aryl methyl sites for hydroxylation is 2. The third kappa shape index (κ3) is 4.12. The molecule has 1 heterocycles. The largest absolute Gasteiger partial charge is 0.465 e. The van der Waals surface area contributed by atoms with Crippen molar-refractivity contribution in [2.24, 2.45) is 0 Å². The van der Waals surface area contributed by atoms with Gasteiger partial charge in [-0.15, -0.1) is 5.06 Å². The molecule has 0 aliphatic carbocycles. The van der Waals surface area contributed by atoms with Crippen LogP contribution in [-0.2, 0) is 4.84 Å². The van der Waals surface area contributed by atoms with E-state index in [0.29, 0.717) is 12.3 Å². The SMILES string of the molecule is CCOc1ccc(C(=O)N(OC(=O)N(C)C)c2c(C)cccc2C)o1. The Morgan fingerprint density at radius 3 is 2.28 bits per heavy atom. The molecule has 0 unspecified atom stereocenters. The van der Waals surface area contributed by atoms with Gasteiger partial charge in [0.05, 0.1) is 12.3 Å². The minimum Gasteiger partial charge on any atom is -0.465 e. The zero-order chi connectivity index (χ0) is 18.6. The molecular formula is C18H22N2O5. The van der Waals surface area contributed by atoms with Crippen LogP contribution in [-0.4, -0.2) is 37.6 Å². The Labute approximate surface area is 146 Å². The fraction of sp³-hybridized carbons (Fsp3) is 0.333. The maximum atomic E-state index is 12.9. The molecule has 2 aromatic rings. The van der Waals surface area contributed by atoms with Gasteiger partial charge in [-0.25, -0.2) is 4.79 Å². The fourth-order valence-electron chi connectivity index (χ4n) is 2.23. The molecule has 2 rings (SSSR count). The van der Waals surface area contributed by atoms with Gasteiger partial charge in [-0.05, 0) is 38.0 Å². The summed E-state index contributed by atoms with van der Waals surface area (Å²) in [6.07, 6.45) is -0.674. The van der Waals surface area contributed by atoms with Gasteiger partial charge in [0, 0.05) is 20.2 Å². The molecule has 0 saturated carbocycles. The van der Waals surface area contributed by atoms with Crippen LogP contribution >= 0.6 is 0 Å². The second-order valence-electron chi connectivity index (χ2n) is 5.64. The quantitative estimate of drug-likeness (QED) is 0.792. The van der Waals surface area contributed by atoms with Gasteiger partial charge in [0.2, 0.25) is 0 Å². The van der Waals surface area contributed by atoms with Crippen LogP contribution < -0.4 is 9.80 Å². The molecule has 7 nitrogen and oxygen atoms in total. The Bertz CT molecular complexity index is 746. The summed E-state index contributed by atoms with van der Waals surface area (Å²) in [5.41, 5.74) is 2.07. The van der Waals surface area contributed by atoms with Crippen molar-refractivity contribution in [1.29, 1.82) is 0 Å². The summed E-state index contributed by atoms with van der Waals surface area (Å²) < 4.78 is 10.6. The standard InChI is InChI=1S/C18H22N2O5/c1-6-23-15-11-10-14(24-15)17(21)20(25-18(22)19(4)5)16-12(2)8-7-9-13(16)3/h7-11H,6H2,1-5H3. The van der Waals surface area contributed by atoms with E-state index in [1.165, 1.54) is 25.1 Å². The third-order valence-electron chi connectivity index (χ3n) is 3.44. The highest BCUT2D eigenvalue weighted by Crippen LogP contribution is 2.28. The van der Waals surface area contributed by atoms with Crippen molar-refractivity contribution in [1.82, 2.24) is 4.90 Å². The van der Waals surface area contributed by atoms with Crippen LogP contribution in [0.25, 0.3) is 0 Å². The fourth-order valence-corrected chi connectivity index (χ4v) is 2.23. The minimum atomic E-state index is -0.674. The Morgan fingerprint density at radius 1 is 1.08 bits per heavy atom. The van der Waals surface area contributed by atoms with Crippen LogP contribution in [0.5, 0.6) is 5.95 Å². The molecule has 1 aromatic carbocycles. The normalized spacial score (nSPS) is 10.3. The number of benzene rings is 1. The van der Waals surface area contributed by atoms with Gasteiger partial charge in [0.25, 0.3) is 5.95 Å².